The lowest BCUT2D eigenvalue weighted by molar-refractivity contribution is -0.152. The van der Waals surface area contributed by atoms with Crippen molar-refractivity contribution in [3.05, 3.63) is 29.8 Å². The third kappa shape index (κ3) is 5.34. The van der Waals surface area contributed by atoms with E-state index in [-0.39, 0.29) is 6.61 Å². The molecule has 1 saturated carbocycles. The number of carbonyl (C=O) groups excluding carboxylic acids is 4. The van der Waals surface area contributed by atoms with Gasteiger partial charge in [0.25, 0.3) is 11.8 Å². The van der Waals surface area contributed by atoms with Gasteiger partial charge in [-0.15, -0.1) is 0 Å². The fourth-order valence-electron chi connectivity index (χ4n) is 3.75. The van der Waals surface area contributed by atoms with E-state index in [4.69, 9.17) is 9.47 Å². The number of nitrogens with one attached hydrogen (secondary N) is 2. The molecule has 9 heteroatoms. The van der Waals surface area contributed by atoms with Crippen molar-refractivity contribution in [2.24, 2.45) is 5.92 Å². The molecule has 2 aliphatic rings. The number of esters is 1. The first kappa shape index (κ1) is 22.6. The lowest BCUT2D eigenvalue weighted by Crippen LogP contribution is -2.52. The van der Waals surface area contributed by atoms with Crippen LogP contribution in [-0.2, 0) is 19.1 Å². The average Bonchev–Trinajstić information content (AvgIpc) is 2.97. The quantitative estimate of drug-likeness (QED) is 0.506. The number of ether oxygens (including phenoxy) is 2. The van der Waals surface area contributed by atoms with Crippen LogP contribution in [0.15, 0.2) is 24.3 Å². The van der Waals surface area contributed by atoms with Gasteiger partial charge in [-0.1, -0.05) is 32.9 Å². The highest BCUT2D eigenvalue weighted by Crippen LogP contribution is 2.35. The Hall–Kier alpha value is -3.10. The SMILES string of the molecule is CC1CCC2(CC1)NC(=O)N(NC(=O)COC(=O)COc1ccc(C(C)C)cc1)C2=O. The Morgan fingerprint density at radius 1 is 1.16 bits per heavy atom. The Labute approximate surface area is 181 Å². The van der Waals surface area contributed by atoms with Gasteiger partial charge in [-0.25, -0.2) is 9.59 Å². The van der Waals surface area contributed by atoms with Gasteiger partial charge in [0.2, 0.25) is 0 Å². The van der Waals surface area contributed by atoms with Gasteiger partial charge in [-0.05, 0) is 55.2 Å². The Morgan fingerprint density at radius 3 is 2.42 bits per heavy atom. The molecule has 31 heavy (non-hydrogen) atoms. The van der Waals surface area contributed by atoms with Crippen LogP contribution in [0.25, 0.3) is 0 Å². The van der Waals surface area contributed by atoms with Gasteiger partial charge in [0.1, 0.15) is 11.3 Å². The zero-order chi connectivity index (χ0) is 22.6. The molecule has 1 aliphatic heterocycles. The Morgan fingerprint density at radius 2 is 1.81 bits per heavy atom. The van der Waals surface area contributed by atoms with Crippen molar-refractivity contribution in [1.29, 1.82) is 0 Å². The molecule has 1 saturated heterocycles. The van der Waals surface area contributed by atoms with E-state index in [9.17, 15) is 19.2 Å². The monoisotopic (exact) mass is 431 g/mol. The molecule has 1 heterocycles. The number of benzene rings is 1. The summed E-state index contributed by atoms with van der Waals surface area (Å²) in [4.78, 5) is 48.8. The van der Waals surface area contributed by atoms with Crippen LogP contribution in [0.2, 0.25) is 0 Å². The number of urea groups is 1. The molecule has 1 spiro atoms. The third-order valence-electron chi connectivity index (χ3n) is 5.79. The normalized spacial score (nSPS) is 23.1. The lowest BCUT2D eigenvalue weighted by Gasteiger charge is -2.33. The first-order valence-corrected chi connectivity index (χ1v) is 10.5. The number of rotatable bonds is 7. The molecule has 2 fully saturated rings. The summed E-state index contributed by atoms with van der Waals surface area (Å²) < 4.78 is 10.2. The zero-order valence-corrected chi connectivity index (χ0v) is 18.1. The minimum absolute atomic E-state index is 0.362. The smallest absolute Gasteiger partial charge is 0.344 e. The summed E-state index contributed by atoms with van der Waals surface area (Å²) in [5.74, 6) is -0.598. The number of imide groups is 1. The van der Waals surface area contributed by atoms with E-state index in [1.165, 1.54) is 0 Å². The first-order valence-electron chi connectivity index (χ1n) is 10.5. The van der Waals surface area contributed by atoms with E-state index < -0.39 is 36.0 Å². The summed E-state index contributed by atoms with van der Waals surface area (Å²) in [7, 11) is 0. The molecule has 1 aliphatic carbocycles. The summed E-state index contributed by atoms with van der Waals surface area (Å²) in [6, 6.07) is 6.67. The predicted molar refractivity (Wildman–Crippen MR) is 111 cm³/mol. The highest BCUT2D eigenvalue weighted by atomic mass is 16.6. The van der Waals surface area contributed by atoms with Crippen molar-refractivity contribution in [1.82, 2.24) is 15.8 Å². The van der Waals surface area contributed by atoms with Crippen molar-refractivity contribution >= 4 is 23.8 Å². The van der Waals surface area contributed by atoms with Crippen LogP contribution in [0.4, 0.5) is 4.79 Å². The first-order chi connectivity index (χ1) is 14.7. The van der Waals surface area contributed by atoms with Gasteiger partial charge >= 0.3 is 12.0 Å². The number of hydrazine groups is 1. The molecule has 3 rings (SSSR count). The van der Waals surface area contributed by atoms with Crippen molar-refractivity contribution < 1.29 is 28.7 Å². The molecule has 9 nitrogen and oxygen atoms in total. The Bertz CT molecular complexity index is 843. The van der Waals surface area contributed by atoms with Gasteiger partial charge in [-0.3, -0.25) is 15.0 Å². The minimum Gasteiger partial charge on any atom is -0.482 e. The van der Waals surface area contributed by atoms with E-state index in [2.05, 4.69) is 31.5 Å². The van der Waals surface area contributed by atoms with Crippen molar-refractivity contribution in [3.8, 4) is 5.75 Å². The largest absolute Gasteiger partial charge is 0.482 e. The fourth-order valence-corrected chi connectivity index (χ4v) is 3.75. The lowest BCUT2D eigenvalue weighted by atomic mass is 9.77. The van der Waals surface area contributed by atoms with Gasteiger partial charge in [0, 0.05) is 0 Å². The van der Waals surface area contributed by atoms with Gasteiger partial charge in [-0.2, -0.15) is 5.01 Å². The summed E-state index contributed by atoms with van der Waals surface area (Å²) in [5.41, 5.74) is 2.42. The molecule has 0 unspecified atom stereocenters. The molecule has 0 aromatic heterocycles. The van der Waals surface area contributed by atoms with E-state index in [1.807, 2.05) is 12.1 Å². The standard InChI is InChI=1S/C22H29N3O6/c1-14(2)16-4-6-17(7-5-16)30-13-19(27)31-12-18(26)24-25-20(28)22(23-21(25)29)10-8-15(3)9-11-22/h4-7,14-15H,8-13H2,1-3H3,(H,23,29)(H,24,26). The van der Waals surface area contributed by atoms with E-state index in [0.29, 0.717) is 35.4 Å². The van der Waals surface area contributed by atoms with Crippen LogP contribution in [-0.4, -0.2) is 47.6 Å². The highest BCUT2D eigenvalue weighted by molar-refractivity contribution is 6.08. The van der Waals surface area contributed by atoms with E-state index >= 15 is 0 Å². The Kier molecular flexibility index (Phi) is 6.82. The van der Waals surface area contributed by atoms with Crippen LogP contribution in [0.1, 0.15) is 57.9 Å². The summed E-state index contributed by atoms with van der Waals surface area (Å²) in [5, 5.41) is 3.38. The minimum atomic E-state index is -0.952. The Balaban J connectivity index is 1.43. The second kappa shape index (κ2) is 9.36. The van der Waals surface area contributed by atoms with Gasteiger partial charge in [0.15, 0.2) is 13.2 Å². The maximum absolute atomic E-state index is 12.7. The number of hydrogen-bond donors (Lipinski definition) is 2. The molecule has 1 aromatic carbocycles. The number of amides is 4. The number of hydrogen-bond acceptors (Lipinski definition) is 6. The number of nitrogens with zero attached hydrogens (tertiary/aromatic N) is 1. The van der Waals surface area contributed by atoms with Crippen molar-refractivity contribution in [3.63, 3.8) is 0 Å². The maximum Gasteiger partial charge on any atom is 0.344 e. The molecule has 0 bridgehead atoms. The van der Waals surface area contributed by atoms with Crippen LogP contribution < -0.4 is 15.5 Å². The predicted octanol–water partition coefficient (Wildman–Crippen LogP) is 2.26. The molecule has 2 N–H and O–H groups in total. The molecule has 168 valence electrons. The van der Waals surface area contributed by atoms with E-state index in [1.54, 1.807) is 12.1 Å². The van der Waals surface area contributed by atoms with Crippen LogP contribution >= 0.6 is 0 Å². The second-order valence-corrected chi connectivity index (χ2v) is 8.54. The molecular weight excluding hydrogens is 402 g/mol. The van der Waals surface area contributed by atoms with E-state index in [0.717, 1.165) is 18.4 Å². The maximum atomic E-state index is 12.7. The van der Waals surface area contributed by atoms with Crippen LogP contribution in [0, 0.1) is 5.92 Å². The van der Waals surface area contributed by atoms with Crippen molar-refractivity contribution in [2.45, 2.75) is 57.9 Å². The summed E-state index contributed by atoms with van der Waals surface area (Å²) in [6.45, 7) is 5.26. The van der Waals surface area contributed by atoms with Crippen LogP contribution in [0.5, 0.6) is 5.75 Å². The topological polar surface area (TPSA) is 114 Å². The summed E-state index contributed by atoms with van der Waals surface area (Å²) >= 11 is 0. The van der Waals surface area contributed by atoms with Gasteiger partial charge in [0.05, 0.1) is 0 Å². The molecule has 4 amide bonds. The molecule has 1 aromatic rings. The summed E-state index contributed by atoms with van der Waals surface area (Å²) in [6.07, 6.45) is 2.72. The molecule has 0 atom stereocenters. The number of carbonyl (C=O) groups is 4. The van der Waals surface area contributed by atoms with Gasteiger partial charge < -0.3 is 14.8 Å². The van der Waals surface area contributed by atoms with Crippen molar-refractivity contribution in [2.75, 3.05) is 13.2 Å². The second-order valence-electron chi connectivity index (χ2n) is 8.54. The molecular formula is C22H29N3O6. The third-order valence-corrected chi connectivity index (χ3v) is 5.79. The molecule has 0 radical (unpaired) electrons. The highest BCUT2D eigenvalue weighted by Gasteiger charge is 2.52. The fraction of sp³-hybridized carbons (Fsp3) is 0.545. The average molecular weight is 431 g/mol. The van der Waals surface area contributed by atoms with Crippen LogP contribution in [0.3, 0.4) is 0 Å². The zero-order valence-electron chi connectivity index (χ0n) is 18.1.